The Morgan fingerprint density at radius 1 is 1.42 bits per heavy atom. The Bertz CT molecular complexity index is 800. The van der Waals surface area contributed by atoms with Gasteiger partial charge in [-0.1, -0.05) is 29.0 Å². The number of carbonyl (C=O) groups is 1. The maximum absolute atomic E-state index is 12.0. The summed E-state index contributed by atoms with van der Waals surface area (Å²) in [6.45, 7) is 6.57. The highest BCUT2D eigenvalue weighted by Gasteiger charge is 2.27. The number of hydrogen-bond acceptors (Lipinski definition) is 7. The summed E-state index contributed by atoms with van der Waals surface area (Å²) in [5.41, 5.74) is 2.21. The fourth-order valence-corrected chi connectivity index (χ4v) is 4.05. The summed E-state index contributed by atoms with van der Waals surface area (Å²) in [6.07, 6.45) is 1.87. The maximum atomic E-state index is 12.0. The Labute approximate surface area is 162 Å². The van der Waals surface area contributed by atoms with Gasteiger partial charge in [-0.05, 0) is 57.6 Å². The number of esters is 1. The number of aromatic nitrogens is 2. The van der Waals surface area contributed by atoms with E-state index in [2.05, 4.69) is 34.4 Å². The van der Waals surface area contributed by atoms with E-state index in [1.807, 2.05) is 23.7 Å². The average molecular weight is 393 g/mol. The van der Waals surface area contributed by atoms with Gasteiger partial charge in [-0.3, -0.25) is 9.69 Å². The van der Waals surface area contributed by atoms with Gasteiger partial charge in [0.1, 0.15) is 0 Å². The molecule has 1 aromatic heterocycles. The van der Waals surface area contributed by atoms with Gasteiger partial charge < -0.3 is 10.1 Å². The van der Waals surface area contributed by atoms with E-state index in [4.69, 9.17) is 17.0 Å². The number of aryl methyl sites for hydroxylation is 1. The third-order valence-electron chi connectivity index (χ3n) is 4.37. The first-order valence-electron chi connectivity index (χ1n) is 8.86. The van der Waals surface area contributed by atoms with Gasteiger partial charge in [0.2, 0.25) is 5.13 Å². The van der Waals surface area contributed by atoms with E-state index in [1.165, 1.54) is 16.9 Å². The molecule has 1 atom stereocenters. The molecule has 1 saturated heterocycles. The van der Waals surface area contributed by atoms with Gasteiger partial charge in [-0.2, -0.15) is 0 Å². The van der Waals surface area contributed by atoms with Crippen LogP contribution in [0.3, 0.4) is 0 Å². The van der Waals surface area contributed by atoms with Gasteiger partial charge in [-0.15, -0.1) is 5.10 Å². The Kier molecular flexibility index (Phi) is 6.39. The number of rotatable bonds is 6. The van der Waals surface area contributed by atoms with E-state index in [0.717, 1.165) is 34.2 Å². The third-order valence-corrected chi connectivity index (χ3v) is 5.59. The van der Waals surface area contributed by atoms with Gasteiger partial charge >= 0.3 is 5.97 Å². The van der Waals surface area contributed by atoms with E-state index < -0.39 is 0 Å². The number of carbonyl (C=O) groups excluding carboxylic acids is 1. The SMILES string of the molecule is CCOC(=O)[C@@H]1CCCN(Cn2nc(Nc3ccc(C)cc3)sc2=S)C1. The lowest BCUT2D eigenvalue weighted by molar-refractivity contribution is -0.150. The predicted molar refractivity (Wildman–Crippen MR) is 106 cm³/mol. The number of piperidine rings is 1. The zero-order valence-electron chi connectivity index (χ0n) is 15.1. The summed E-state index contributed by atoms with van der Waals surface area (Å²) in [4.78, 5) is 14.2. The van der Waals surface area contributed by atoms with Crippen molar-refractivity contribution in [1.82, 2.24) is 14.7 Å². The molecular formula is C18H24N4O2S2. The number of ether oxygens (including phenoxy) is 1. The predicted octanol–water partition coefficient (Wildman–Crippen LogP) is 3.96. The number of hydrogen-bond donors (Lipinski definition) is 1. The molecule has 0 spiro atoms. The average Bonchev–Trinajstić information content (AvgIpc) is 2.96. The van der Waals surface area contributed by atoms with Crippen molar-refractivity contribution in [3.05, 3.63) is 33.8 Å². The molecule has 3 rings (SSSR count). The lowest BCUT2D eigenvalue weighted by Crippen LogP contribution is -2.40. The molecule has 1 fully saturated rings. The lowest BCUT2D eigenvalue weighted by atomic mass is 9.99. The van der Waals surface area contributed by atoms with E-state index in [-0.39, 0.29) is 11.9 Å². The van der Waals surface area contributed by atoms with Crippen molar-refractivity contribution < 1.29 is 9.53 Å². The molecular weight excluding hydrogens is 368 g/mol. The highest BCUT2D eigenvalue weighted by molar-refractivity contribution is 7.73. The molecule has 0 bridgehead atoms. The van der Waals surface area contributed by atoms with Crippen LogP contribution in [0.1, 0.15) is 25.3 Å². The van der Waals surface area contributed by atoms with Gasteiger partial charge in [0.25, 0.3) is 0 Å². The summed E-state index contributed by atoms with van der Waals surface area (Å²) in [7, 11) is 0. The van der Waals surface area contributed by atoms with Crippen LogP contribution in [-0.4, -0.2) is 40.3 Å². The minimum atomic E-state index is -0.0965. The van der Waals surface area contributed by atoms with Gasteiger partial charge in [0, 0.05) is 12.2 Å². The molecule has 0 amide bonds. The van der Waals surface area contributed by atoms with Crippen molar-refractivity contribution in [2.24, 2.45) is 5.92 Å². The minimum absolute atomic E-state index is 0.0540. The maximum Gasteiger partial charge on any atom is 0.310 e. The van der Waals surface area contributed by atoms with Gasteiger partial charge in [0.15, 0.2) is 3.95 Å². The van der Waals surface area contributed by atoms with E-state index in [9.17, 15) is 4.79 Å². The number of likely N-dealkylation sites (tertiary alicyclic amines) is 1. The normalized spacial score (nSPS) is 17.8. The fourth-order valence-electron chi connectivity index (χ4n) is 3.03. The second-order valence-corrected chi connectivity index (χ2v) is 8.10. The van der Waals surface area contributed by atoms with Crippen LogP contribution in [0.25, 0.3) is 0 Å². The van der Waals surface area contributed by atoms with E-state index in [1.54, 1.807) is 0 Å². The molecule has 0 unspecified atom stereocenters. The molecule has 8 heteroatoms. The first-order chi connectivity index (χ1) is 12.5. The quantitative estimate of drug-likeness (QED) is 0.593. The molecule has 2 heterocycles. The standard InChI is InChI=1S/C18H24N4O2S2/c1-3-24-16(23)14-5-4-10-21(11-14)12-22-18(25)26-17(20-22)19-15-8-6-13(2)7-9-15/h6-9,14H,3-5,10-12H2,1-2H3,(H,19,20)/t14-/m1/s1. The van der Waals surface area contributed by atoms with E-state index >= 15 is 0 Å². The first-order valence-corrected chi connectivity index (χ1v) is 10.1. The third kappa shape index (κ3) is 4.90. The van der Waals surface area contributed by atoms with Crippen LogP contribution in [0.5, 0.6) is 0 Å². The first kappa shape index (κ1) is 19.0. The molecule has 1 aliphatic heterocycles. The van der Waals surface area contributed by atoms with Crippen LogP contribution in [-0.2, 0) is 16.2 Å². The van der Waals surface area contributed by atoms with Crippen LogP contribution in [0.15, 0.2) is 24.3 Å². The molecule has 0 radical (unpaired) electrons. The summed E-state index contributed by atoms with van der Waals surface area (Å²) in [5, 5.41) is 8.67. The van der Waals surface area contributed by atoms with Gasteiger partial charge in [0.05, 0.1) is 19.2 Å². The molecule has 6 nitrogen and oxygen atoms in total. The van der Waals surface area contributed by atoms with Crippen molar-refractivity contribution in [1.29, 1.82) is 0 Å². The molecule has 0 saturated carbocycles. The molecule has 1 N–H and O–H groups in total. The highest BCUT2D eigenvalue weighted by atomic mass is 32.1. The largest absolute Gasteiger partial charge is 0.466 e. The molecule has 1 aliphatic rings. The number of nitrogens with zero attached hydrogens (tertiary/aromatic N) is 3. The highest BCUT2D eigenvalue weighted by Crippen LogP contribution is 2.22. The monoisotopic (exact) mass is 392 g/mol. The molecule has 0 aliphatic carbocycles. The molecule has 2 aromatic rings. The Hall–Kier alpha value is -1.77. The summed E-state index contributed by atoms with van der Waals surface area (Å²) < 4.78 is 7.71. The molecule has 140 valence electrons. The van der Waals surface area contributed by atoms with Crippen molar-refractivity contribution in [2.45, 2.75) is 33.4 Å². The van der Waals surface area contributed by atoms with Crippen LogP contribution < -0.4 is 5.32 Å². The second-order valence-electron chi connectivity index (χ2n) is 6.47. The zero-order chi connectivity index (χ0) is 18.5. The summed E-state index contributed by atoms with van der Waals surface area (Å²) in [5.74, 6) is -0.150. The zero-order valence-corrected chi connectivity index (χ0v) is 16.7. The fraction of sp³-hybridized carbons (Fsp3) is 0.500. The molecule has 1 aromatic carbocycles. The van der Waals surface area contributed by atoms with Crippen molar-refractivity contribution >= 4 is 40.3 Å². The smallest absolute Gasteiger partial charge is 0.310 e. The Morgan fingerprint density at radius 2 is 2.19 bits per heavy atom. The van der Waals surface area contributed by atoms with Crippen molar-refractivity contribution in [3.8, 4) is 0 Å². The summed E-state index contributed by atoms with van der Waals surface area (Å²) in [6, 6.07) is 8.17. The second kappa shape index (κ2) is 8.75. The molecule has 26 heavy (non-hydrogen) atoms. The van der Waals surface area contributed by atoms with E-state index in [0.29, 0.717) is 19.8 Å². The summed E-state index contributed by atoms with van der Waals surface area (Å²) >= 11 is 6.92. The van der Waals surface area contributed by atoms with Crippen molar-refractivity contribution in [2.75, 3.05) is 25.0 Å². The van der Waals surface area contributed by atoms with Crippen LogP contribution in [0.2, 0.25) is 0 Å². The Morgan fingerprint density at radius 3 is 2.92 bits per heavy atom. The number of nitrogens with one attached hydrogen (secondary N) is 1. The number of benzene rings is 1. The minimum Gasteiger partial charge on any atom is -0.466 e. The van der Waals surface area contributed by atoms with Crippen LogP contribution >= 0.6 is 23.6 Å². The lowest BCUT2D eigenvalue weighted by Gasteiger charge is -2.31. The van der Waals surface area contributed by atoms with Gasteiger partial charge in [-0.25, -0.2) is 4.68 Å². The van der Waals surface area contributed by atoms with Crippen LogP contribution in [0, 0.1) is 16.8 Å². The number of anilines is 2. The Balaban J connectivity index is 1.63. The topological polar surface area (TPSA) is 59.4 Å². The van der Waals surface area contributed by atoms with Crippen molar-refractivity contribution in [3.63, 3.8) is 0 Å². The van der Waals surface area contributed by atoms with Crippen LogP contribution in [0.4, 0.5) is 10.8 Å².